The van der Waals surface area contributed by atoms with Gasteiger partial charge in [-0.15, -0.1) is 0 Å². The molecule has 1 aliphatic rings. The quantitative estimate of drug-likeness (QED) is 0.802. The number of halogens is 3. The minimum atomic E-state index is -4.39. The summed E-state index contributed by atoms with van der Waals surface area (Å²) >= 11 is 0. The van der Waals surface area contributed by atoms with Crippen LogP contribution in [0.5, 0.6) is 0 Å². The topological polar surface area (TPSA) is 23.6 Å². The fourth-order valence-electron chi connectivity index (χ4n) is 3.02. The second-order valence-corrected chi connectivity index (χ2v) is 6.48. The molecular weight excluding hydrogens is 353 g/mol. The highest BCUT2D eigenvalue weighted by molar-refractivity contribution is 5.94. The van der Waals surface area contributed by atoms with Crippen LogP contribution in [0.2, 0.25) is 0 Å². The van der Waals surface area contributed by atoms with Crippen LogP contribution in [-0.2, 0) is 6.18 Å². The van der Waals surface area contributed by atoms with Crippen LogP contribution < -0.4 is 0 Å². The fraction of sp³-hybridized carbons (Fsp3) is 0.286. The molecule has 0 unspecified atom stereocenters. The van der Waals surface area contributed by atoms with Gasteiger partial charge < -0.3 is 4.90 Å². The summed E-state index contributed by atoms with van der Waals surface area (Å²) < 4.78 is 37.9. The first-order valence-corrected chi connectivity index (χ1v) is 8.84. The Hall–Kier alpha value is -2.60. The Labute approximate surface area is 156 Å². The van der Waals surface area contributed by atoms with Gasteiger partial charge in [0.05, 0.1) is 5.56 Å². The summed E-state index contributed by atoms with van der Waals surface area (Å²) in [7, 11) is 0. The lowest BCUT2D eigenvalue weighted by molar-refractivity contribution is -0.137. The molecule has 1 saturated heterocycles. The Bertz CT molecular complexity index is 777. The van der Waals surface area contributed by atoms with Gasteiger partial charge in [-0.3, -0.25) is 9.69 Å². The lowest BCUT2D eigenvalue weighted by Gasteiger charge is -2.34. The molecule has 0 aromatic heterocycles. The molecule has 3 nitrogen and oxygen atoms in total. The summed E-state index contributed by atoms with van der Waals surface area (Å²) in [4.78, 5) is 16.4. The summed E-state index contributed by atoms with van der Waals surface area (Å²) in [5.74, 6) is -0.219. The van der Waals surface area contributed by atoms with E-state index in [0.29, 0.717) is 18.7 Å². The largest absolute Gasteiger partial charge is 0.416 e. The molecule has 2 aromatic carbocycles. The van der Waals surface area contributed by atoms with Gasteiger partial charge in [0.15, 0.2) is 0 Å². The van der Waals surface area contributed by atoms with Gasteiger partial charge in [-0.1, -0.05) is 42.5 Å². The molecule has 2 aromatic rings. The van der Waals surface area contributed by atoms with Crippen LogP contribution in [0, 0.1) is 0 Å². The second kappa shape index (κ2) is 8.39. The van der Waals surface area contributed by atoms with Gasteiger partial charge in [0.25, 0.3) is 5.91 Å². The summed E-state index contributed by atoms with van der Waals surface area (Å²) in [5.41, 5.74) is 0.697. The maximum atomic E-state index is 12.6. The van der Waals surface area contributed by atoms with E-state index in [1.54, 1.807) is 4.90 Å². The maximum Gasteiger partial charge on any atom is 0.416 e. The number of nitrogens with zero attached hydrogens (tertiary/aromatic N) is 2. The molecule has 1 amide bonds. The van der Waals surface area contributed by atoms with Crippen molar-refractivity contribution in [2.24, 2.45) is 0 Å². The minimum Gasteiger partial charge on any atom is -0.336 e. The van der Waals surface area contributed by atoms with E-state index in [1.807, 2.05) is 30.3 Å². The standard InChI is InChI=1S/C21H21F3N2O/c22-21(23,24)19-10-8-18(9-11-19)20(27)26-15-13-25(14-16-26)12-4-7-17-5-2-1-3-6-17/h1-11H,12-16H2/b7-4+. The van der Waals surface area contributed by atoms with Gasteiger partial charge in [-0.25, -0.2) is 0 Å². The molecule has 0 saturated carbocycles. The number of carbonyl (C=O) groups excluding carboxylic acids is 1. The zero-order valence-corrected chi connectivity index (χ0v) is 14.8. The molecule has 0 bridgehead atoms. The van der Waals surface area contributed by atoms with E-state index in [-0.39, 0.29) is 5.91 Å². The maximum absolute atomic E-state index is 12.6. The van der Waals surface area contributed by atoms with Crippen LogP contribution in [0.15, 0.2) is 60.7 Å². The van der Waals surface area contributed by atoms with Crippen molar-refractivity contribution in [2.45, 2.75) is 6.18 Å². The molecule has 27 heavy (non-hydrogen) atoms. The third-order valence-corrected chi connectivity index (χ3v) is 4.59. The molecule has 142 valence electrons. The summed E-state index contributed by atoms with van der Waals surface area (Å²) in [6.07, 6.45) is -0.219. The Kier molecular flexibility index (Phi) is 5.96. The number of hydrogen-bond donors (Lipinski definition) is 0. The highest BCUT2D eigenvalue weighted by atomic mass is 19.4. The zero-order valence-electron chi connectivity index (χ0n) is 14.8. The Morgan fingerprint density at radius 1 is 0.926 bits per heavy atom. The Balaban J connectivity index is 1.50. The molecule has 0 spiro atoms. The Morgan fingerprint density at radius 3 is 2.15 bits per heavy atom. The monoisotopic (exact) mass is 374 g/mol. The third kappa shape index (κ3) is 5.20. The van der Waals surface area contributed by atoms with E-state index in [0.717, 1.165) is 37.3 Å². The zero-order chi connectivity index (χ0) is 19.3. The molecule has 1 fully saturated rings. The van der Waals surface area contributed by atoms with E-state index in [9.17, 15) is 18.0 Å². The lowest BCUT2D eigenvalue weighted by Crippen LogP contribution is -2.48. The van der Waals surface area contributed by atoms with Crippen LogP contribution in [0.1, 0.15) is 21.5 Å². The van der Waals surface area contributed by atoms with Gasteiger partial charge in [-0.05, 0) is 29.8 Å². The van der Waals surface area contributed by atoms with Gasteiger partial charge in [0.2, 0.25) is 0 Å². The van der Waals surface area contributed by atoms with Crippen molar-refractivity contribution in [3.63, 3.8) is 0 Å². The van der Waals surface area contributed by atoms with Crippen molar-refractivity contribution in [3.05, 3.63) is 77.4 Å². The lowest BCUT2D eigenvalue weighted by atomic mass is 10.1. The smallest absolute Gasteiger partial charge is 0.336 e. The predicted molar refractivity (Wildman–Crippen MR) is 99.3 cm³/mol. The van der Waals surface area contributed by atoms with Gasteiger partial charge in [0, 0.05) is 38.3 Å². The van der Waals surface area contributed by atoms with Gasteiger partial charge >= 0.3 is 6.18 Å². The van der Waals surface area contributed by atoms with E-state index in [1.165, 1.54) is 12.1 Å². The highest BCUT2D eigenvalue weighted by Crippen LogP contribution is 2.29. The first-order chi connectivity index (χ1) is 12.9. The molecular formula is C21H21F3N2O. The van der Waals surface area contributed by atoms with Crippen molar-refractivity contribution in [2.75, 3.05) is 32.7 Å². The average molecular weight is 374 g/mol. The second-order valence-electron chi connectivity index (χ2n) is 6.48. The molecule has 6 heteroatoms. The van der Waals surface area contributed by atoms with Crippen LogP contribution >= 0.6 is 0 Å². The molecule has 1 heterocycles. The molecule has 0 N–H and O–H groups in total. The van der Waals surface area contributed by atoms with Gasteiger partial charge in [-0.2, -0.15) is 13.2 Å². The summed E-state index contributed by atoms with van der Waals surface area (Å²) in [6, 6.07) is 14.4. The highest BCUT2D eigenvalue weighted by Gasteiger charge is 2.30. The molecule has 0 atom stereocenters. The van der Waals surface area contributed by atoms with Gasteiger partial charge in [0.1, 0.15) is 0 Å². The number of benzene rings is 2. The Morgan fingerprint density at radius 2 is 1.56 bits per heavy atom. The van der Waals surface area contributed by atoms with Crippen LogP contribution in [0.4, 0.5) is 13.2 Å². The number of amides is 1. The fourth-order valence-corrected chi connectivity index (χ4v) is 3.02. The normalized spacial score (nSPS) is 16.0. The number of hydrogen-bond acceptors (Lipinski definition) is 2. The summed E-state index contributed by atoms with van der Waals surface area (Å²) in [5, 5.41) is 0. The first kappa shape index (κ1) is 19.2. The third-order valence-electron chi connectivity index (χ3n) is 4.59. The molecule has 3 rings (SSSR count). The number of rotatable bonds is 4. The molecule has 0 aliphatic carbocycles. The van der Waals surface area contributed by atoms with Crippen molar-refractivity contribution < 1.29 is 18.0 Å². The van der Waals surface area contributed by atoms with Crippen molar-refractivity contribution in [3.8, 4) is 0 Å². The molecule has 0 radical (unpaired) electrons. The van der Waals surface area contributed by atoms with Crippen LogP contribution in [-0.4, -0.2) is 48.4 Å². The molecule has 1 aliphatic heterocycles. The average Bonchev–Trinajstić information content (AvgIpc) is 2.68. The number of alkyl halides is 3. The number of carbonyl (C=O) groups is 1. The minimum absolute atomic E-state index is 0.219. The van der Waals surface area contributed by atoms with Crippen molar-refractivity contribution in [1.82, 2.24) is 9.80 Å². The predicted octanol–water partition coefficient (Wildman–Crippen LogP) is 4.18. The SMILES string of the molecule is O=C(c1ccc(C(F)(F)F)cc1)N1CCN(C/C=C/c2ccccc2)CC1. The summed E-state index contributed by atoms with van der Waals surface area (Å²) in [6.45, 7) is 3.42. The van der Waals surface area contributed by atoms with E-state index >= 15 is 0 Å². The van der Waals surface area contributed by atoms with Crippen molar-refractivity contribution >= 4 is 12.0 Å². The van der Waals surface area contributed by atoms with Crippen LogP contribution in [0.25, 0.3) is 6.08 Å². The van der Waals surface area contributed by atoms with E-state index in [4.69, 9.17) is 0 Å². The first-order valence-electron chi connectivity index (χ1n) is 8.84. The number of piperazine rings is 1. The van der Waals surface area contributed by atoms with Crippen molar-refractivity contribution in [1.29, 1.82) is 0 Å². The van der Waals surface area contributed by atoms with Crippen LogP contribution in [0.3, 0.4) is 0 Å². The van der Waals surface area contributed by atoms with E-state index in [2.05, 4.69) is 17.1 Å². The van der Waals surface area contributed by atoms with E-state index < -0.39 is 11.7 Å².